The zero-order chi connectivity index (χ0) is 13.9. The summed E-state index contributed by atoms with van der Waals surface area (Å²) < 4.78 is 37.4. The normalized spacial score (nSPS) is 11.8. The van der Waals surface area contributed by atoms with Crippen molar-refractivity contribution in [3.05, 3.63) is 39.7 Å². The van der Waals surface area contributed by atoms with Gasteiger partial charge in [-0.05, 0) is 12.1 Å². The van der Waals surface area contributed by atoms with Crippen molar-refractivity contribution in [1.29, 1.82) is 0 Å². The van der Waals surface area contributed by atoms with Crippen molar-refractivity contribution in [2.75, 3.05) is 19.0 Å². The summed E-state index contributed by atoms with van der Waals surface area (Å²) in [6.45, 7) is 0. The summed E-state index contributed by atoms with van der Waals surface area (Å²) in [4.78, 5) is 14.3. The summed E-state index contributed by atoms with van der Waals surface area (Å²) in [6, 6.07) is 1.93. The Kier molecular flexibility index (Phi) is 3.89. The molecule has 18 heavy (non-hydrogen) atoms. The molecular weight excluding hydrogens is 251 g/mol. The van der Waals surface area contributed by atoms with Crippen LogP contribution in [-0.2, 0) is 6.18 Å². The molecule has 1 rings (SSSR count). The largest absolute Gasteiger partial charge is 0.433 e. The van der Waals surface area contributed by atoms with E-state index in [0.717, 1.165) is 18.2 Å². The number of hydrogen-bond acceptors (Lipinski definition) is 4. The molecule has 0 aliphatic carbocycles. The second-order valence-electron chi connectivity index (χ2n) is 3.60. The van der Waals surface area contributed by atoms with Crippen LogP contribution in [0.5, 0.6) is 0 Å². The molecule has 0 spiro atoms. The molecule has 5 nitrogen and oxygen atoms in total. The van der Waals surface area contributed by atoms with Gasteiger partial charge in [0.15, 0.2) is 0 Å². The molecule has 0 unspecified atom stereocenters. The second kappa shape index (κ2) is 5.03. The van der Waals surface area contributed by atoms with Gasteiger partial charge in [-0.25, -0.2) is 4.98 Å². The van der Waals surface area contributed by atoms with E-state index in [4.69, 9.17) is 0 Å². The molecule has 0 radical (unpaired) electrons. The summed E-state index contributed by atoms with van der Waals surface area (Å²) >= 11 is 0. The number of nitro groups is 1. The van der Waals surface area contributed by atoms with Crippen LogP contribution in [0.1, 0.15) is 11.3 Å². The Morgan fingerprint density at radius 3 is 2.44 bits per heavy atom. The van der Waals surface area contributed by atoms with Crippen molar-refractivity contribution in [3.8, 4) is 0 Å². The Morgan fingerprint density at radius 1 is 1.39 bits per heavy atom. The van der Waals surface area contributed by atoms with Gasteiger partial charge in [-0.2, -0.15) is 13.2 Å². The van der Waals surface area contributed by atoms with Crippen LogP contribution in [0.4, 0.5) is 19.0 Å². The molecule has 0 N–H and O–H groups in total. The number of rotatable bonds is 3. The van der Waals surface area contributed by atoms with Crippen molar-refractivity contribution in [1.82, 2.24) is 4.98 Å². The number of halogens is 3. The molecular formula is C10H10F3N3O2. The first-order chi connectivity index (χ1) is 8.21. The highest BCUT2D eigenvalue weighted by atomic mass is 19.4. The average molecular weight is 261 g/mol. The third-order valence-corrected chi connectivity index (χ3v) is 2.00. The lowest BCUT2D eigenvalue weighted by Crippen LogP contribution is -2.16. The third kappa shape index (κ3) is 3.44. The zero-order valence-electron chi connectivity index (χ0n) is 9.60. The minimum atomic E-state index is -4.55. The van der Waals surface area contributed by atoms with Crippen LogP contribution in [0, 0.1) is 10.1 Å². The number of anilines is 1. The third-order valence-electron chi connectivity index (χ3n) is 2.00. The number of nitrogens with zero attached hydrogens (tertiary/aromatic N) is 3. The van der Waals surface area contributed by atoms with Gasteiger partial charge >= 0.3 is 6.18 Å². The van der Waals surface area contributed by atoms with E-state index in [1.165, 1.54) is 19.0 Å². The van der Waals surface area contributed by atoms with E-state index in [-0.39, 0.29) is 11.4 Å². The molecule has 0 saturated heterocycles. The molecule has 0 bridgehead atoms. The first-order valence-corrected chi connectivity index (χ1v) is 4.79. The standard InChI is InChI=1S/C10H10F3N3O2/c1-15(2)9-7(5-6-16(17)18)3-4-8(14-9)10(11,12)13/h3-6H,1-2H3. The van der Waals surface area contributed by atoms with E-state index in [0.29, 0.717) is 6.20 Å². The van der Waals surface area contributed by atoms with E-state index in [1.54, 1.807) is 0 Å². The quantitative estimate of drug-likeness (QED) is 0.619. The molecule has 98 valence electrons. The van der Waals surface area contributed by atoms with Gasteiger partial charge in [-0.1, -0.05) is 0 Å². The lowest BCUT2D eigenvalue weighted by atomic mass is 10.2. The number of alkyl halides is 3. The predicted molar refractivity (Wildman–Crippen MR) is 59.6 cm³/mol. The Labute approximate surface area is 101 Å². The summed E-state index contributed by atoms with van der Waals surface area (Å²) in [5.41, 5.74) is -0.797. The van der Waals surface area contributed by atoms with E-state index < -0.39 is 16.8 Å². The summed E-state index contributed by atoms with van der Waals surface area (Å²) in [5, 5.41) is 10.2. The van der Waals surface area contributed by atoms with Crippen molar-refractivity contribution >= 4 is 11.9 Å². The second-order valence-corrected chi connectivity index (χ2v) is 3.60. The fraction of sp³-hybridized carbons (Fsp3) is 0.300. The van der Waals surface area contributed by atoms with Gasteiger partial charge in [0.2, 0.25) is 6.20 Å². The SMILES string of the molecule is CN(C)c1nc(C(F)(F)F)ccc1C=C[N+](=O)[O-]. The highest BCUT2D eigenvalue weighted by Crippen LogP contribution is 2.30. The van der Waals surface area contributed by atoms with Crippen molar-refractivity contribution in [2.45, 2.75) is 6.18 Å². The van der Waals surface area contributed by atoms with Crippen LogP contribution in [0.2, 0.25) is 0 Å². The van der Waals surface area contributed by atoms with Crippen molar-refractivity contribution in [3.63, 3.8) is 0 Å². The van der Waals surface area contributed by atoms with Gasteiger partial charge in [-0.15, -0.1) is 0 Å². The number of aromatic nitrogens is 1. The molecule has 0 saturated carbocycles. The average Bonchev–Trinajstić information content (AvgIpc) is 2.24. The van der Waals surface area contributed by atoms with Crippen LogP contribution in [-0.4, -0.2) is 24.0 Å². The minimum Gasteiger partial charge on any atom is -0.362 e. The number of hydrogen-bond donors (Lipinski definition) is 0. The molecule has 8 heteroatoms. The molecule has 1 aromatic rings. The highest BCUT2D eigenvalue weighted by Gasteiger charge is 2.33. The van der Waals surface area contributed by atoms with E-state index in [1.807, 2.05) is 0 Å². The van der Waals surface area contributed by atoms with Gasteiger partial charge in [0.25, 0.3) is 0 Å². The summed E-state index contributed by atoms with van der Waals surface area (Å²) in [5.74, 6) is 0.0166. The van der Waals surface area contributed by atoms with Crippen molar-refractivity contribution in [2.24, 2.45) is 0 Å². The molecule has 0 atom stereocenters. The first-order valence-electron chi connectivity index (χ1n) is 4.79. The topological polar surface area (TPSA) is 59.3 Å². The fourth-order valence-electron chi connectivity index (χ4n) is 1.25. The van der Waals surface area contributed by atoms with Crippen LogP contribution in [0.25, 0.3) is 6.08 Å². The van der Waals surface area contributed by atoms with Gasteiger partial charge in [0.1, 0.15) is 11.5 Å². The maximum Gasteiger partial charge on any atom is 0.433 e. The van der Waals surface area contributed by atoms with Gasteiger partial charge < -0.3 is 4.90 Å². The van der Waals surface area contributed by atoms with Crippen LogP contribution in [0.3, 0.4) is 0 Å². The Bertz CT molecular complexity index is 484. The van der Waals surface area contributed by atoms with Crippen LogP contribution in [0.15, 0.2) is 18.3 Å². The van der Waals surface area contributed by atoms with Gasteiger partial charge in [0.05, 0.1) is 4.92 Å². The monoisotopic (exact) mass is 261 g/mol. The Hall–Kier alpha value is -2.12. The molecule has 0 amide bonds. The van der Waals surface area contributed by atoms with Gasteiger partial charge in [-0.3, -0.25) is 10.1 Å². The lowest BCUT2D eigenvalue weighted by Gasteiger charge is -2.16. The van der Waals surface area contributed by atoms with Crippen LogP contribution >= 0.6 is 0 Å². The van der Waals surface area contributed by atoms with E-state index in [9.17, 15) is 23.3 Å². The molecule has 0 fully saturated rings. The lowest BCUT2D eigenvalue weighted by molar-refractivity contribution is -0.400. The van der Waals surface area contributed by atoms with E-state index >= 15 is 0 Å². The smallest absolute Gasteiger partial charge is 0.362 e. The van der Waals surface area contributed by atoms with Gasteiger partial charge in [0, 0.05) is 25.7 Å². The van der Waals surface area contributed by atoms with Crippen molar-refractivity contribution < 1.29 is 18.1 Å². The Morgan fingerprint density at radius 2 is 2.00 bits per heavy atom. The zero-order valence-corrected chi connectivity index (χ0v) is 9.60. The summed E-state index contributed by atoms with van der Waals surface area (Å²) in [6.07, 6.45) is -2.80. The van der Waals surface area contributed by atoms with Crippen LogP contribution < -0.4 is 4.90 Å². The Balaban J connectivity index is 3.25. The maximum atomic E-state index is 12.5. The molecule has 0 aliphatic rings. The number of pyridine rings is 1. The fourth-order valence-corrected chi connectivity index (χ4v) is 1.25. The molecule has 1 heterocycles. The summed E-state index contributed by atoms with van der Waals surface area (Å²) in [7, 11) is 3.01. The van der Waals surface area contributed by atoms with E-state index in [2.05, 4.69) is 4.98 Å². The first kappa shape index (κ1) is 13.9. The molecule has 0 aliphatic heterocycles. The minimum absolute atomic E-state index is 0.0166. The highest BCUT2D eigenvalue weighted by molar-refractivity contribution is 5.63. The maximum absolute atomic E-state index is 12.5. The molecule has 0 aromatic carbocycles. The predicted octanol–water partition coefficient (Wildman–Crippen LogP) is 2.41. The molecule has 1 aromatic heterocycles.